The number of unbranched alkanes of at least 4 members (excludes halogenated alkanes) is 3. The van der Waals surface area contributed by atoms with Gasteiger partial charge < -0.3 is 15.5 Å². The smallest absolute Gasteiger partial charge is 0.243 e. The molecule has 0 atom stereocenters. The molecule has 1 amide bonds. The predicted octanol–water partition coefficient (Wildman–Crippen LogP) is 1.99. The summed E-state index contributed by atoms with van der Waals surface area (Å²) in [6, 6.07) is 0. The monoisotopic (exact) mass is 396 g/mol. The number of aliphatic imine (C=N–C) groups is 1. The van der Waals surface area contributed by atoms with E-state index in [-0.39, 0.29) is 36.4 Å². The van der Waals surface area contributed by atoms with Crippen molar-refractivity contribution in [1.29, 1.82) is 0 Å². The molecule has 0 radical (unpaired) electrons. The summed E-state index contributed by atoms with van der Waals surface area (Å²) in [5, 5.41) is 6.33. The van der Waals surface area contributed by atoms with Gasteiger partial charge in [-0.05, 0) is 6.42 Å². The Morgan fingerprint density at radius 2 is 1.95 bits per heavy atom. The molecular formula is C14H29IN4O. The molecule has 0 aliphatic heterocycles. The summed E-state index contributed by atoms with van der Waals surface area (Å²) in [6.45, 7) is 7.52. The van der Waals surface area contributed by atoms with Crippen LogP contribution in [0.4, 0.5) is 0 Å². The van der Waals surface area contributed by atoms with Crippen LogP contribution < -0.4 is 10.6 Å². The van der Waals surface area contributed by atoms with E-state index in [4.69, 9.17) is 0 Å². The molecule has 0 unspecified atom stereocenters. The molecule has 0 spiro atoms. The third-order valence-corrected chi connectivity index (χ3v) is 2.61. The van der Waals surface area contributed by atoms with Crippen molar-refractivity contribution in [2.24, 2.45) is 4.99 Å². The summed E-state index contributed by atoms with van der Waals surface area (Å²) >= 11 is 0. The first kappa shape index (κ1) is 21.5. The largest absolute Gasteiger partial charge is 0.356 e. The summed E-state index contributed by atoms with van der Waals surface area (Å²) in [5.74, 6) is 0.664. The third kappa shape index (κ3) is 12.3. The molecule has 5 nitrogen and oxygen atoms in total. The first-order valence-corrected chi connectivity index (χ1v) is 6.95. The molecule has 0 aromatic heterocycles. The molecular weight excluding hydrogens is 367 g/mol. The zero-order chi connectivity index (χ0) is 14.5. The minimum Gasteiger partial charge on any atom is -0.356 e. The van der Waals surface area contributed by atoms with Crippen molar-refractivity contribution in [1.82, 2.24) is 15.5 Å². The highest BCUT2D eigenvalue weighted by Gasteiger charge is 2.03. The second kappa shape index (κ2) is 14.6. The number of nitrogens with zero attached hydrogens (tertiary/aromatic N) is 2. The number of amides is 1. The Balaban J connectivity index is 0. The van der Waals surface area contributed by atoms with Gasteiger partial charge in [0.1, 0.15) is 6.54 Å². The molecule has 0 aromatic carbocycles. The Morgan fingerprint density at radius 1 is 1.25 bits per heavy atom. The summed E-state index contributed by atoms with van der Waals surface area (Å²) in [5.41, 5.74) is 0. The van der Waals surface area contributed by atoms with Crippen molar-refractivity contribution in [2.75, 3.05) is 33.7 Å². The SMILES string of the molecule is C=CCNC(=NCC(=O)N(C)C)NCCCCCC.I. The van der Waals surface area contributed by atoms with Gasteiger partial charge in [0, 0.05) is 27.2 Å². The maximum Gasteiger partial charge on any atom is 0.243 e. The zero-order valence-corrected chi connectivity index (χ0v) is 15.3. The second-order valence-electron chi connectivity index (χ2n) is 4.61. The number of carbonyl (C=O) groups excluding carboxylic acids is 1. The number of halogens is 1. The fraction of sp³-hybridized carbons (Fsp3) is 0.714. The van der Waals surface area contributed by atoms with Gasteiger partial charge in [-0.2, -0.15) is 0 Å². The first-order chi connectivity index (χ1) is 9.11. The van der Waals surface area contributed by atoms with E-state index in [1.807, 2.05) is 0 Å². The van der Waals surface area contributed by atoms with Crippen LogP contribution in [0.2, 0.25) is 0 Å². The van der Waals surface area contributed by atoms with Crippen molar-refractivity contribution in [3.05, 3.63) is 12.7 Å². The molecule has 0 rings (SSSR count). The van der Waals surface area contributed by atoms with Crippen LogP contribution in [0, 0.1) is 0 Å². The number of hydrogen-bond acceptors (Lipinski definition) is 2. The van der Waals surface area contributed by atoms with E-state index in [0.29, 0.717) is 12.5 Å². The molecule has 0 aromatic rings. The van der Waals surface area contributed by atoms with Crippen LogP contribution in [-0.4, -0.2) is 50.5 Å². The Morgan fingerprint density at radius 3 is 2.50 bits per heavy atom. The van der Waals surface area contributed by atoms with Crippen molar-refractivity contribution in [2.45, 2.75) is 32.6 Å². The maximum atomic E-state index is 11.5. The van der Waals surface area contributed by atoms with Crippen molar-refractivity contribution >= 4 is 35.8 Å². The topological polar surface area (TPSA) is 56.7 Å². The number of guanidine groups is 1. The lowest BCUT2D eigenvalue weighted by atomic mass is 10.2. The van der Waals surface area contributed by atoms with Crippen molar-refractivity contribution in [3.63, 3.8) is 0 Å². The molecule has 0 heterocycles. The number of hydrogen-bond donors (Lipinski definition) is 2. The Kier molecular flexibility index (Phi) is 15.7. The van der Waals surface area contributed by atoms with E-state index in [1.54, 1.807) is 20.2 Å². The Bertz CT molecular complexity index is 293. The predicted molar refractivity (Wildman–Crippen MR) is 96.8 cm³/mol. The normalized spacial score (nSPS) is 10.4. The number of nitrogens with one attached hydrogen (secondary N) is 2. The fourth-order valence-corrected chi connectivity index (χ4v) is 1.39. The van der Waals surface area contributed by atoms with Gasteiger partial charge in [0.25, 0.3) is 0 Å². The highest BCUT2D eigenvalue weighted by atomic mass is 127. The number of rotatable bonds is 9. The molecule has 0 bridgehead atoms. The van der Waals surface area contributed by atoms with Gasteiger partial charge in [-0.25, -0.2) is 4.99 Å². The summed E-state index contributed by atoms with van der Waals surface area (Å²) in [6.07, 6.45) is 6.58. The molecule has 0 saturated heterocycles. The fourth-order valence-electron chi connectivity index (χ4n) is 1.39. The van der Waals surface area contributed by atoms with Crippen molar-refractivity contribution in [3.8, 4) is 0 Å². The van der Waals surface area contributed by atoms with E-state index in [1.165, 1.54) is 24.2 Å². The van der Waals surface area contributed by atoms with Crippen LogP contribution in [-0.2, 0) is 4.79 Å². The van der Waals surface area contributed by atoms with E-state index < -0.39 is 0 Å². The Hall–Kier alpha value is -0.790. The third-order valence-electron chi connectivity index (χ3n) is 2.61. The number of carbonyl (C=O) groups is 1. The average molecular weight is 396 g/mol. The molecule has 0 aliphatic carbocycles. The standard InChI is InChI=1S/C14H28N4O.HI/c1-5-7-8-9-11-16-14(15-10-6-2)17-12-13(19)18(3)4;/h6H,2,5,7-12H2,1,3-4H3,(H2,15,16,17);1H. The first-order valence-electron chi connectivity index (χ1n) is 6.95. The van der Waals surface area contributed by atoms with E-state index in [9.17, 15) is 4.79 Å². The van der Waals surface area contributed by atoms with Gasteiger partial charge in [-0.15, -0.1) is 30.6 Å². The van der Waals surface area contributed by atoms with Crippen LogP contribution in [0.15, 0.2) is 17.6 Å². The van der Waals surface area contributed by atoms with Gasteiger partial charge in [0.15, 0.2) is 5.96 Å². The maximum absolute atomic E-state index is 11.5. The van der Waals surface area contributed by atoms with Crippen LogP contribution in [0.5, 0.6) is 0 Å². The lowest BCUT2D eigenvalue weighted by Gasteiger charge is -2.12. The van der Waals surface area contributed by atoms with Gasteiger partial charge in [-0.3, -0.25) is 4.79 Å². The lowest BCUT2D eigenvalue weighted by molar-refractivity contribution is -0.127. The molecule has 20 heavy (non-hydrogen) atoms. The van der Waals surface area contributed by atoms with E-state index >= 15 is 0 Å². The highest BCUT2D eigenvalue weighted by Crippen LogP contribution is 1.96. The summed E-state index contributed by atoms with van der Waals surface area (Å²) in [4.78, 5) is 17.3. The van der Waals surface area contributed by atoms with Crippen LogP contribution in [0.1, 0.15) is 32.6 Å². The summed E-state index contributed by atoms with van der Waals surface area (Å²) in [7, 11) is 3.46. The zero-order valence-electron chi connectivity index (χ0n) is 12.9. The average Bonchev–Trinajstić information content (AvgIpc) is 2.40. The van der Waals surface area contributed by atoms with Gasteiger partial charge in [0.05, 0.1) is 0 Å². The van der Waals surface area contributed by atoms with Gasteiger partial charge in [-0.1, -0.05) is 32.3 Å². The molecule has 0 fully saturated rings. The van der Waals surface area contributed by atoms with Gasteiger partial charge in [0.2, 0.25) is 5.91 Å². The molecule has 6 heteroatoms. The number of likely N-dealkylation sites (N-methyl/N-ethyl adjacent to an activating group) is 1. The highest BCUT2D eigenvalue weighted by molar-refractivity contribution is 14.0. The molecule has 118 valence electrons. The lowest BCUT2D eigenvalue weighted by Crippen LogP contribution is -2.39. The second-order valence-corrected chi connectivity index (χ2v) is 4.61. The molecule has 2 N–H and O–H groups in total. The van der Waals surface area contributed by atoms with Crippen LogP contribution >= 0.6 is 24.0 Å². The summed E-state index contributed by atoms with van der Waals surface area (Å²) < 4.78 is 0. The molecule has 0 saturated carbocycles. The van der Waals surface area contributed by atoms with E-state index in [0.717, 1.165) is 13.0 Å². The minimum absolute atomic E-state index is 0. The van der Waals surface area contributed by atoms with Crippen LogP contribution in [0.25, 0.3) is 0 Å². The van der Waals surface area contributed by atoms with Crippen molar-refractivity contribution < 1.29 is 4.79 Å². The van der Waals surface area contributed by atoms with Gasteiger partial charge >= 0.3 is 0 Å². The van der Waals surface area contributed by atoms with E-state index in [2.05, 4.69) is 29.1 Å². The Labute approximate surface area is 140 Å². The molecule has 0 aliphatic rings. The van der Waals surface area contributed by atoms with Crippen LogP contribution in [0.3, 0.4) is 0 Å². The quantitative estimate of drug-likeness (QED) is 0.206. The minimum atomic E-state index is -0.00862.